The first kappa shape index (κ1) is 16.7. The second-order valence-electron chi connectivity index (χ2n) is 7.31. The molecule has 2 heterocycles. The maximum absolute atomic E-state index is 12.7. The molecule has 2 N–H and O–H groups in total. The van der Waals surface area contributed by atoms with Crippen LogP contribution < -0.4 is 5.73 Å². The molecule has 0 aromatic heterocycles. The van der Waals surface area contributed by atoms with Crippen molar-refractivity contribution in [3.63, 3.8) is 0 Å². The van der Waals surface area contributed by atoms with E-state index < -0.39 is 0 Å². The Morgan fingerprint density at radius 2 is 1.76 bits per heavy atom. The molecule has 0 radical (unpaired) electrons. The lowest BCUT2D eigenvalue weighted by Crippen LogP contribution is -2.56. The standard InChI is InChI=1S/C16H33N4O/c1-14(2)18-7-9-19(10-8-18)16(21)15-4-11-20(3,12-5-15)13-6-17/h14-15H,4-13,17H2,1-3H3/q+1. The minimum Gasteiger partial charge on any atom is -0.340 e. The third kappa shape index (κ3) is 4.18. The average Bonchev–Trinajstić information content (AvgIpc) is 2.47. The molecule has 21 heavy (non-hydrogen) atoms. The number of hydrogen-bond acceptors (Lipinski definition) is 3. The van der Waals surface area contributed by atoms with Crippen LogP contribution in [0.1, 0.15) is 26.7 Å². The number of carbonyl (C=O) groups is 1. The summed E-state index contributed by atoms with van der Waals surface area (Å²) in [6.45, 7) is 12.3. The van der Waals surface area contributed by atoms with Gasteiger partial charge in [0.25, 0.3) is 0 Å². The first-order valence-electron chi connectivity index (χ1n) is 8.51. The molecule has 0 bridgehead atoms. The van der Waals surface area contributed by atoms with Crippen molar-refractivity contribution in [2.75, 3.05) is 59.4 Å². The molecule has 5 nitrogen and oxygen atoms in total. The Kier molecular flexibility index (Phi) is 5.63. The first-order chi connectivity index (χ1) is 9.95. The van der Waals surface area contributed by atoms with E-state index in [0.717, 1.165) is 69.7 Å². The Morgan fingerprint density at radius 3 is 2.24 bits per heavy atom. The normalized spacial score (nSPS) is 31.7. The predicted octanol–water partition coefficient (Wildman–Crippen LogP) is 0.354. The number of amides is 1. The molecule has 2 saturated heterocycles. The van der Waals surface area contributed by atoms with Crippen molar-refractivity contribution in [3.05, 3.63) is 0 Å². The van der Waals surface area contributed by atoms with Gasteiger partial charge in [-0.15, -0.1) is 0 Å². The molecule has 0 spiro atoms. The highest BCUT2D eigenvalue weighted by molar-refractivity contribution is 5.79. The number of likely N-dealkylation sites (N-methyl/N-ethyl adjacent to an activating group) is 1. The lowest BCUT2D eigenvalue weighted by Gasteiger charge is -2.42. The molecule has 0 saturated carbocycles. The number of piperidine rings is 1. The molecule has 1 amide bonds. The number of quaternary nitrogens is 1. The Labute approximate surface area is 129 Å². The molecule has 5 heteroatoms. The van der Waals surface area contributed by atoms with Crippen molar-refractivity contribution in [1.82, 2.24) is 9.80 Å². The summed E-state index contributed by atoms with van der Waals surface area (Å²) in [7, 11) is 2.27. The minimum atomic E-state index is 0.250. The van der Waals surface area contributed by atoms with Crippen molar-refractivity contribution in [2.45, 2.75) is 32.7 Å². The summed E-state index contributed by atoms with van der Waals surface area (Å²) in [5.41, 5.74) is 5.70. The number of nitrogens with zero attached hydrogens (tertiary/aromatic N) is 3. The molecule has 2 aliphatic rings. The van der Waals surface area contributed by atoms with Gasteiger partial charge in [0.15, 0.2) is 0 Å². The zero-order chi connectivity index (χ0) is 15.5. The molecular weight excluding hydrogens is 264 g/mol. The fraction of sp³-hybridized carbons (Fsp3) is 0.938. The quantitative estimate of drug-likeness (QED) is 0.762. The lowest BCUT2D eigenvalue weighted by molar-refractivity contribution is -0.913. The van der Waals surface area contributed by atoms with Gasteiger partial charge in [0, 0.05) is 57.5 Å². The van der Waals surface area contributed by atoms with Crippen molar-refractivity contribution in [3.8, 4) is 0 Å². The number of piperazine rings is 1. The van der Waals surface area contributed by atoms with Gasteiger partial charge >= 0.3 is 0 Å². The molecule has 122 valence electrons. The summed E-state index contributed by atoms with van der Waals surface area (Å²) in [5.74, 6) is 0.650. The molecule has 2 aliphatic heterocycles. The Morgan fingerprint density at radius 1 is 1.19 bits per heavy atom. The molecule has 0 unspecified atom stereocenters. The van der Waals surface area contributed by atoms with E-state index in [9.17, 15) is 4.79 Å². The summed E-state index contributed by atoms with van der Waals surface area (Å²) < 4.78 is 1.04. The molecule has 0 atom stereocenters. The molecule has 2 rings (SSSR count). The summed E-state index contributed by atoms with van der Waals surface area (Å²) in [4.78, 5) is 17.2. The Bertz CT molecular complexity index is 342. The van der Waals surface area contributed by atoms with E-state index in [1.54, 1.807) is 0 Å². The van der Waals surface area contributed by atoms with E-state index in [-0.39, 0.29) is 5.92 Å². The van der Waals surface area contributed by atoms with Gasteiger partial charge in [-0.25, -0.2) is 0 Å². The summed E-state index contributed by atoms with van der Waals surface area (Å²) in [6, 6.07) is 0.589. The van der Waals surface area contributed by atoms with Gasteiger partial charge in [-0.3, -0.25) is 9.69 Å². The van der Waals surface area contributed by atoms with E-state index in [1.165, 1.54) is 0 Å². The largest absolute Gasteiger partial charge is 0.340 e. The molecular formula is C16H33N4O+. The van der Waals surface area contributed by atoms with Crippen LogP contribution >= 0.6 is 0 Å². The highest BCUT2D eigenvalue weighted by atomic mass is 16.2. The van der Waals surface area contributed by atoms with Crippen LogP contribution in [0.25, 0.3) is 0 Å². The molecule has 0 aliphatic carbocycles. The maximum Gasteiger partial charge on any atom is 0.226 e. The van der Waals surface area contributed by atoms with Crippen molar-refractivity contribution >= 4 is 5.91 Å². The van der Waals surface area contributed by atoms with E-state index in [4.69, 9.17) is 5.73 Å². The van der Waals surface area contributed by atoms with E-state index >= 15 is 0 Å². The van der Waals surface area contributed by atoms with Crippen LogP contribution in [-0.4, -0.2) is 85.6 Å². The van der Waals surface area contributed by atoms with Crippen LogP contribution in [-0.2, 0) is 4.79 Å². The number of rotatable bonds is 4. The van der Waals surface area contributed by atoms with Crippen molar-refractivity contribution in [1.29, 1.82) is 0 Å². The minimum absolute atomic E-state index is 0.250. The fourth-order valence-electron chi connectivity index (χ4n) is 3.69. The molecule has 0 aromatic carbocycles. The van der Waals surface area contributed by atoms with E-state index in [1.807, 2.05) is 0 Å². The van der Waals surface area contributed by atoms with Gasteiger partial charge in [0.05, 0.1) is 26.7 Å². The third-order valence-corrected chi connectivity index (χ3v) is 5.41. The number of likely N-dealkylation sites (tertiary alicyclic amines) is 1. The van der Waals surface area contributed by atoms with Crippen molar-refractivity contribution in [2.24, 2.45) is 11.7 Å². The fourth-order valence-corrected chi connectivity index (χ4v) is 3.69. The summed E-state index contributed by atoms with van der Waals surface area (Å²) >= 11 is 0. The van der Waals surface area contributed by atoms with E-state index in [2.05, 4.69) is 30.7 Å². The van der Waals surface area contributed by atoms with Crippen LogP contribution in [0.5, 0.6) is 0 Å². The lowest BCUT2D eigenvalue weighted by atomic mass is 9.93. The second kappa shape index (κ2) is 7.07. The zero-order valence-corrected chi connectivity index (χ0v) is 14.1. The van der Waals surface area contributed by atoms with Crippen LogP contribution in [0.4, 0.5) is 0 Å². The summed E-state index contributed by atoms with van der Waals surface area (Å²) in [6.07, 6.45) is 2.06. The maximum atomic E-state index is 12.7. The second-order valence-corrected chi connectivity index (χ2v) is 7.31. The van der Waals surface area contributed by atoms with Crippen LogP contribution in [0.3, 0.4) is 0 Å². The van der Waals surface area contributed by atoms with Crippen LogP contribution in [0.2, 0.25) is 0 Å². The Hall–Kier alpha value is -0.650. The number of nitrogens with two attached hydrogens (primary N) is 1. The molecule has 2 fully saturated rings. The highest BCUT2D eigenvalue weighted by Crippen LogP contribution is 2.24. The first-order valence-corrected chi connectivity index (χ1v) is 8.51. The number of carbonyl (C=O) groups excluding carboxylic acids is 1. The predicted molar refractivity (Wildman–Crippen MR) is 85.9 cm³/mol. The summed E-state index contributed by atoms with van der Waals surface area (Å²) in [5, 5.41) is 0. The Balaban J connectivity index is 1.80. The van der Waals surface area contributed by atoms with Crippen LogP contribution in [0, 0.1) is 5.92 Å². The monoisotopic (exact) mass is 297 g/mol. The van der Waals surface area contributed by atoms with Gasteiger partial charge in [0.1, 0.15) is 0 Å². The van der Waals surface area contributed by atoms with Gasteiger partial charge in [-0.2, -0.15) is 0 Å². The SMILES string of the molecule is CC(C)N1CCN(C(=O)C2CC[N+](C)(CCN)CC2)CC1. The van der Waals surface area contributed by atoms with Gasteiger partial charge in [0.2, 0.25) is 5.91 Å². The van der Waals surface area contributed by atoms with Gasteiger partial charge in [-0.1, -0.05) is 0 Å². The van der Waals surface area contributed by atoms with E-state index in [0.29, 0.717) is 11.9 Å². The topological polar surface area (TPSA) is 49.6 Å². The third-order valence-electron chi connectivity index (χ3n) is 5.41. The van der Waals surface area contributed by atoms with Crippen LogP contribution in [0.15, 0.2) is 0 Å². The average molecular weight is 297 g/mol. The van der Waals surface area contributed by atoms with Crippen molar-refractivity contribution < 1.29 is 9.28 Å². The van der Waals surface area contributed by atoms with Gasteiger partial charge < -0.3 is 15.1 Å². The smallest absolute Gasteiger partial charge is 0.226 e. The number of hydrogen-bond donors (Lipinski definition) is 1. The zero-order valence-electron chi connectivity index (χ0n) is 14.1. The highest BCUT2D eigenvalue weighted by Gasteiger charge is 2.35. The van der Waals surface area contributed by atoms with Gasteiger partial charge in [-0.05, 0) is 13.8 Å². The molecule has 0 aromatic rings.